The number of hydrogen-bond donors (Lipinski definition) is 2. The molecule has 1 rings (SSSR count). The second kappa shape index (κ2) is 11.0. The fourth-order valence-electron chi connectivity index (χ4n) is 1.75. The minimum absolute atomic E-state index is 0.292. The van der Waals surface area contributed by atoms with Gasteiger partial charge >= 0.3 is 0 Å². The number of hydrogen-bond acceptors (Lipinski definition) is 4. The highest BCUT2D eigenvalue weighted by atomic mass is 79.9. The molecule has 1 aromatic rings. The predicted molar refractivity (Wildman–Crippen MR) is 88.8 cm³/mol. The van der Waals surface area contributed by atoms with Gasteiger partial charge in [-0.05, 0) is 51.4 Å². The van der Waals surface area contributed by atoms with Gasteiger partial charge in [-0.2, -0.15) is 0 Å². The SMILES string of the molecule is CC(C)OCCCCNCC(O)COc1cccc(Br)c1. The summed E-state index contributed by atoms with van der Waals surface area (Å²) in [4.78, 5) is 0. The highest BCUT2D eigenvalue weighted by Crippen LogP contribution is 2.17. The van der Waals surface area contributed by atoms with Crippen molar-refractivity contribution in [1.29, 1.82) is 0 Å². The molecular weight excluding hydrogens is 334 g/mol. The Morgan fingerprint density at radius 2 is 2.10 bits per heavy atom. The molecule has 0 bridgehead atoms. The van der Waals surface area contributed by atoms with E-state index < -0.39 is 6.10 Å². The van der Waals surface area contributed by atoms with Gasteiger partial charge in [-0.1, -0.05) is 22.0 Å². The van der Waals surface area contributed by atoms with Crippen LogP contribution in [0.3, 0.4) is 0 Å². The first-order valence-corrected chi connectivity index (χ1v) is 8.26. The second-order valence-corrected chi connectivity index (χ2v) is 6.17. The molecule has 0 aliphatic rings. The van der Waals surface area contributed by atoms with Crippen LogP contribution in [-0.2, 0) is 4.74 Å². The van der Waals surface area contributed by atoms with Gasteiger partial charge in [0.1, 0.15) is 18.5 Å². The van der Waals surface area contributed by atoms with E-state index in [-0.39, 0.29) is 0 Å². The summed E-state index contributed by atoms with van der Waals surface area (Å²) in [6.07, 6.45) is 1.88. The number of nitrogens with one attached hydrogen (secondary N) is 1. The van der Waals surface area contributed by atoms with Gasteiger partial charge in [0.2, 0.25) is 0 Å². The van der Waals surface area contributed by atoms with Crippen molar-refractivity contribution in [2.45, 2.75) is 38.9 Å². The number of aliphatic hydroxyl groups excluding tert-OH is 1. The Morgan fingerprint density at radius 1 is 1.29 bits per heavy atom. The summed E-state index contributed by atoms with van der Waals surface area (Å²) in [5.74, 6) is 0.759. The molecule has 2 N–H and O–H groups in total. The van der Waals surface area contributed by atoms with Gasteiger partial charge in [-0.3, -0.25) is 0 Å². The third-order valence-corrected chi connectivity index (χ3v) is 3.31. The highest BCUT2D eigenvalue weighted by molar-refractivity contribution is 9.10. The predicted octanol–water partition coefficient (Wildman–Crippen LogP) is 2.98. The van der Waals surface area contributed by atoms with Crippen molar-refractivity contribution in [2.24, 2.45) is 0 Å². The van der Waals surface area contributed by atoms with Crippen LogP contribution in [0.25, 0.3) is 0 Å². The fraction of sp³-hybridized carbons (Fsp3) is 0.625. The molecule has 5 heteroatoms. The summed E-state index contributed by atoms with van der Waals surface area (Å²) in [6.45, 7) is 6.60. The molecule has 1 atom stereocenters. The molecule has 21 heavy (non-hydrogen) atoms. The minimum Gasteiger partial charge on any atom is -0.491 e. The van der Waals surface area contributed by atoms with Crippen LogP contribution in [0.1, 0.15) is 26.7 Å². The number of benzene rings is 1. The third-order valence-electron chi connectivity index (χ3n) is 2.82. The molecule has 0 amide bonds. The van der Waals surface area contributed by atoms with E-state index in [0.29, 0.717) is 19.3 Å². The van der Waals surface area contributed by atoms with Gasteiger partial charge in [0.05, 0.1) is 6.10 Å². The summed E-state index contributed by atoms with van der Waals surface area (Å²) in [5, 5.41) is 13.1. The van der Waals surface area contributed by atoms with Crippen molar-refractivity contribution in [3.8, 4) is 5.75 Å². The largest absolute Gasteiger partial charge is 0.491 e. The van der Waals surface area contributed by atoms with Crippen molar-refractivity contribution in [3.63, 3.8) is 0 Å². The molecule has 120 valence electrons. The van der Waals surface area contributed by atoms with Crippen molar-refractivity contribution < 1.29 is 14.6 Å². The number of rotatable bonds is 11. The van der Waals surface area contributed by atoms with Crippen molar-refractivity contribution >= 4 is 15.9 Å². The maximum atomic E-state index is 9.83. The van der Waals surface area contributed by atoms with E-state index in [1.807, 2.05) is 38.1 Å². The molecule has 1 unspecified atom stereocenters. The molecule has 0 saturated carbocycles. The zero-order chi connectivity index (χ0) is 15.5. The summed E-state index contributed by atoms with van der Waals surface area (Å²) in [5.41, 5.74) is 0. The first-order valence-electron chi connectivity index (χ1n) is 7.46. The molecule has 0 heterocycles. The molecule has 0 aromatic heterocycles. The van der Waals surface area contributed by atoms with Gasteiger partial charge in [-0.25, -0.2) is 0 Å². The van der Waals surface area contributed by atoms with Crippen LogP contribution in [0.5, 0.6) is 5.75 Å². The lowest BCUT2D eigenvalue weighted by molar-refractivity contribution is 0.0755. The van der Waals surface area contributed by atoms with Gasteiger partial charge in [0.15, 0.2) is 0 Å². The number of aliphatic hydroxyl groups is 1. The van der Waals surface area contributed by atoms with E-state index in [4.69, 9.17) is 9.47 Å². The van der Waals surface area contributed by atoms with Crippen molar-refractivity contribution in [3.05, 3.63) is 28.7 Å². The molecule has 0 spiro atoms. The summed E-state index contributed by atoms with van der Waals surface area (Å²) in [7, 11) is 0. The number of ether oxygens (including phenoxy) is 2. The summed E-state index contributed by atoms with van der Waals surface area (Å²) in [6, 6.07) is 7.60. The first kappa shape index (κ1) is 18.4. The maximum absolute atomic E-state index is 9.83. The monoisotopic (exact) mass is 359 g/mol. The molecule has 0 aliphatic carbocycles. The average Bonchev–Trinajstić information content (AvgIpc) is 2.44. The first-order chi connectivity index (χ1) is 10.1. The third kappa shape index (κ3) is 9.85. The van der Waals surface area contributed by atoms with Crippen LogP contribution < -0.4 is 10.1 Å². The minimum atomic E-state index is -0.504. The summed E-state index contributed by atoms with van der Waals surface area (Å²) >= 11 is 3.38. The lowest BCUT2D eigenvalue weighted by Gasteiger charge is -2.13. The quantitative estimate of drug-likeness (QED) is 0.596. The standard InChI is InChI=1S/C16H26BrNO3/c1-13(2)20-9-4-3-8-18-11-15(19)12-21-16-7-5-6-14(17)10-16/h5-7,10,13,15,18-19H,3-4,8-9,11-12H2,1-2H3. The molecule has 4 nitrogen and oxygen atoms in total. The van der Waals surface area contributed by atoms with Crippen LogP contribution >= 0.6 is 15.9 Å². The molecule has 0 saturated heterocycles. The van der Waals surface area contributed by atoms with E-state index >= 15 is 0 Å². The number of halogens is 1. The Hall–Kier alpha value is -0.620. The van der Waals surface area contributed by atoms with E-state index in [1.54, 1.807) is 0 Å². The van der Waals surface area contributed by atoms with Gasteiger partial charge < -0.3 is 19.9 Å². The molecule has 0 fully saturated rings. The smallest absolute Gasteiger partial charge is 0.120 e. The summed E-state index contributed by atoms with van der Waals surface area (Å²) < 4.78 is 12.0. The van der Waals surface area contributed by atoms with Gasteiger partial charge in [0, 0.05) is 17.6 Å². The Balaban J connectivity index is 2.00. The lowest BCUT2D eigenvalue weighted by Crippen LogP contribution is -2.32. The molecule has 0 radical (unpaired) electrons. The van der Waals surface area contributed by atoms with Crippen molar-refractivity contribution in [1.82, 2.24) is 5.32 Å². The molecule has 0 aliphatic heterocycles. The maximum Gasteiger partial charge on any atom is 0.120 e. The van der Waals surface area contributed by atoms with Crippen molar-refractivity contribution in [2.75, 3.05) is 26.3 Å². The Kier molecular flexibility index (Phi) is 9.67. The van der Waals surface area contributed by atoms with Crippen LogP contribution in [0.15, 0.2) is 28.7 Å². The Morgan fingerprint density at radius 3 is 2.81 bits per heavy atom. The van der Waals surface area contributed by atoms with Gasteiger partial charge in [-0.15, -0.1) is 0 Å². The van der Waals surface area contributed by atoms with E-state index in [0.717, 1.165) is 36.2 Å². The van der Waals surface area contributed by atoms with E-state index in [2.05, 4.69) is 21.2 Å². The van der Waals surface area contributed by atoms with Crippen LogP contribution in [0, 0.1) is 0 Å². The average molecular weight is 360 g/mol. The van der Waals surface area contributed by atoms with E-state index in [9.17, 15) is 5.11 Å². The van der Waals surface area contributed by atoms with E-state index in [1.165, 1.54) is 0 Å². The zero-order valence-corrected chi connectivity index (χ0v) is 14.4. The normalized spacial score (nSPS) is 12.6. The lowest BCUT2D eigenvalue weighted by atomic mass is 10.3. The van der Waals surface area contributed by atoms with Crippen LogP contribution in [-0.4, -0.2) is 43.6 Å². The fourth-order valence-corrected chi connectivity index (χ4v) is 2.13. The Labute approximate surface area is 136 Å². The molecule has 1 aromatic carbocycles. The Bertz CT molecular complexity index is 388. The number of unbranched alkanes of at least 4 members (excludes halogenated alkanes) is 1. The zero-order valence-electron chi connectivity index (χ0n) is 12.8. The van der Waals surface area contributed by atoms with Gasteiger partial charge in [0.25, 0.3) is 0 Å². The highest BCUT2D eigenvalue weighted by Gasteiger charge is 2.05. The second-order valence-electron chi connectivity index (χ2n) is 5.25. The molecular formula is C16H26BrNO3. The van der Waals surface area contributed by atoms with Crippen LogP contribution in [0.4, 0.5) is 0 Å². The topological polar surface area (TPSA) is 50.7 Å². The van der Waals surface area contributed by atoms with Crippen LogP contribution in [0.2, 0.25) is 0 Å².